The fourth-order valence-electron chi connectivity index (χ4n) is 2.75. The van der Waals surface area contributed by atoms with Crippen molar-refractivity contribution in [3.8, 4) is 23.0 Å². The number of anilines is 1. The largest absolute Gasteiger partial charge is 0.454 e. The normalized spacial score (nSPS) is 12.2. The van der Waals surface area contributed by atoms with E-state index < -0.39 is 0 Å². The van der Waals surface area contributed by atoms with Gasteiger partial charge in [0, 0.05) is 5.56 Å². The summed E-state index contributed by atoms with van der Waals surface area (Å²) >= 11 is 0. The SMILES string of the molecule is Cc1ccc(C)c(-c2nnc(NC(=O)Cc3ccc4c(c3)OCO4)o2)c1. The lowest BCUT2D eigenvalue weighted by molar-refractivity contribution is -0.115. The molecule has 0 bridgehead atoms. The number of benzene rings is 2. The molecule has 1 aliphatic heterocycles. The van der Waals surface area contributed by atoms with Gasteiger partial charge in [0.05, 0.1) is 6.42 Å². The molecule has 132 valence electrons. The number of rotatable bonds is 4. The Morgan fingerprint density at radius 3 is 2.81 bits per heavy atom. The zero-order valence-corrected chi connectivity index (χ0v) is 14.4. The maximum atomic E-state index is 12.2. The first kappa shape index (κ1) is 16.1. The van der Waals surface area contributed by atoms with Crippen LogP contribution in [0.1, 0.15) is 16.7 Å². The number of nitrogens with zero attached hydrogens (tertiary/aromatic N) is 2. The summed E-state index contributed by atoms with van der Waals surface area (Å²) in [6, 6.07) is 11.5. The first-order valence-electron chi connectivity index (χ1n) is 8.18. The van der Waals surface area contributed by atoms with Gasteiger partial charge in [-0.15, -0.1) is 5.10 Å². The highest BCUT2D eigenvalue weighted by molar-refractivity contribution is 5.90. The van der Waals surface area contributed by atoms with Crippen molar-refractivity contribution in [1.82, 2.24) is 10.2 Å². The van der Waals surface area contributed by atoms with Gasteiger partial charge in [-0.1, -0.05) is 28.9 Å². The van der Waals surface area contributed by atoms with Crippen LogP contribution in [0, 0.1) is 13.8 Å². The second-order valence-corrected chi connectivity index (χ2v) is 6.14. The molecule has 0 fully saturated rings. The van der Waals surface area contributed by atoms with E-state index in [9.17, 15) is 4.79 Å². The molecule has 26 heavy (non-hydrogen) atoms. The topological polar surface area (TPSA) is 86.5 Å². The van der Waals surface area contributed by atoms with Gasteiger partial charge in [0.25, 0.3) is 0 Å². The number of aryl methyl sites for hydroxylation is 2. The van der Waals surface area contributed by atoms with Crippen LogP contribution in [0.5, 0.6) is 11.5 Å². The van der Waals surface area contributed by atoms with Crippen LogP contribution in [0.4, 0.5) is 6.01 Å². The summed E-state index contributed by atoms with van der Waals surface area (Å²) in [7, 11) is 0. The van der Waals surface area contributed by atoms with Crippen molar-refractivity contribution >= 4 is 11.9 Å². The van der Waals surface area contributed by atoms with E-state index in [1.54, 1.807) is 12.1 Å². The summed E-state index contributed by atoms with van der Waals surface area (Å²) in [5, 5.41) is 10.6. The van der Waals surface area contributed by atoms with Gasteiger partial charge in [-0.2, -0.15) is 0 Å². The number of hydrogen-bond donors (Lipinski definition) is 1. The summed E-state index contributed by atoms with van der Waals surface area (Å²) in [5.41, 5.74) is 3.78. The molecule has 0 aliphatic carbocycles. The van der Waals surface area contributed by atoms with Crippen LogP contribution >= 0.6 is 0 Å². The van der Waals surface area contributed by atoms with Crippen LogP contribution in [-0.2, 0) is 11.2 Å². The zero-order valence-electron chi connectivity index (χ0n) is 14.4. The van der Waals surface area contributed by atoms with E-state index in [4.69, 9.17) is 13.9 Å². The molecule has 0 spiro atoms. The minimum atomic E-state index is -0.250. The molecule has 3 aromatic rings. The molecule has 2 aromatic carbocycles. The van der Waals surface area contributed by atoms with Gasteiger partial charge in [0.15, 0.2) is 11.5 Å². The number of carbonyl (C=O) groups is 1. The molecular weight excluding hydrogens is 334 g/mol. The third kappa shape index (κ3) is 3.23. The van der Waals surface area contributed by atoms with Crippen LogP contribution in [0.15, 0.2) is 40.8 Å². The highest BCUT2D eigenvalue weighted by atomic mass is 16.7. The lowest BCUT2D eigenvalue weighted by Gasteiger charge is -2.03. The molecule has 1 amide bonds. The fourth-order valence-corrected chi connectivity index (χ4v) is 2.75. The van der Waals surface area contributed by atoms with Gasteiger partial charge in [-0.25, -0.2) is 0 Å². The maximum Gasteiger partial charge on any atom is 0.322 e. The number of hydrogen-bond acceptors (Lipinski definition) is 6. The Kier molecular flexibility index (Phi) is 4.04. The smallest absolute Gasteiger partial charge is 0.322 e. The first-order chi connectivity index (χ1) is 12.6. The van der Waals surface area contributed by atoms with Crippen molar-refractivity contribution < 1.29 is 18.7 Å². The van der Waals surface area contributed by atoms with Crippen LogP contribution in [-0.4, -0.2) is 22.9 Å². The van der Waals surface area contributed by atoms with Crippen LogP contribution in [0.2, 0.25) is 0 Å². The Morgan fingerprint density at radius 2 is 1.92 bits per heavy atom. The number of fused-ring (bicyclic) bond motifs is 1. The van der Waals surface area contributed by atoms with Gasteiger partial charge in [0.2, 0.25) is 18.6 Å². The summed E-state index contributed by atoms with van der Waals surface area (Å²) < 4.78 is 16.2. The fraction of sp³-hybridized carbons (Fsp3) is 0.211. The average molecular weight is 351 g/mol. The van der Waals surface area contributed by atoms with E-state index in [0.717, 1.165) is 22.3 Å². The third-order valence-electron chi connectivity index (χ3n) is 4.10. The molecule has 0 unspecified atom stereocenters. The molecule has 0 saturated heterocycles. The van der Waals surface area contributed by atoms with E-state index in [-0.39, 0.29) is 25.1 Å². The Balaban J connectivity index is 1.45. The van der Waals surface area contributed by atoms with Gasteiger partial charge in [0.1, 0.15) is 0 Å². The molecule has 7 nitrogen and oxygen atoms in total. The zero-order chi connectivity index (χ0) is 18.1. The summed E-state index contributed by atoms with van der Waals surface area (Å²) in [6.07, 6.45) is 0.165. The van der Waals surface area contributed by atoms with Crippen molar-refractivity contribution in [2.75, 3.05) is 12.1 Å². The number of carbonyl (C=O) groups excluding carboxylic acids is 1. The van der Waals surface area contributed by atoms with Gasteiger partial charge < -0.3 is 13.9 Å². The minimum absolute atomic E-state index is 0.0756. The van der Waals surface area contributed by atoms with Crippen molar-refractivity contribution in [2.24, 2.45) is 0 Å². The second-order valence-electron chi connectivity index (χ2n) is 6.14. The quantitative estimate of drug-likeness (QED) is 0.776. The molecule has 1 aliphatic rings. The van der Waals surface area contributed by atoms with Gasteiger partial charge >= 0.3 is 6.01 Å². The van der Waals surface area contributed by atoms with Crippen molar-refractivity contribution in [3.05, 3.63) is 53.1 Å². The lowest BCUT2D eigenvalue weighted by Crippen LogP contribution is -2.14. The first-order valence-corrected chi connectivity index (χ1v) is 8.18. The van der Waals surface area contributed by atoms with E-state index in [1.807, 2.05) is 38.1 Å². The summed E-state index contributed by atoms with van der Waals surface area (Å²) in [4.78, 5) is 12.2. The van der Waals surface area contributed by atoms with Crippen molar-refractivity contribution in [3.63, 3.8) is 0 Å². The summed E-state index contributed by atoms with van der Waals surface area (Å²) in [5.74, 6) is 1.46. The van der Waals surface area contributed by atoms with Crippen molar-refractivity contribution in [2.45, 2.75) is 20.3 Å². The van der Waals surface area contributed by atoms with E-state index in [0.29, 0.717) is 17.4 Å². The molecule has 4 rings (SSSR count). The number of ether oxygens (including phenoxy) is 2. The molecular formula is C19H17N3O4. The van der Waals surface area contributed by atoms with E-state index >= 15 is 0 Å². The average Bonchev–Trinajstić information content (AvgIpc) is 3.25. The van der Waals surface area contributed by atoms with Gasteiger partial charge in [-0.3, -0.25) is 10.1 Å². The van der Waals surface area contributed by atoms with Crippen molar-refractivity contribution in [1.29, 1.82) is 0 Å². The molecule has 1 aromatic heterocycles. The minimum Gasteiger partial charge on any atom is -0.454 e. The molecule has 2 heterocycles. The van der Waals surface area contributed by atoms with Crippen LogP contribution in [0.25, 0.3) is 11.5 Å². The van der Waals surface area contributed by atoms with E-state index in [1.165, 1.54) is 0 Å². The second kappa shape index (κ2) is 6.51. The third-order valence-corrected chi connectivity index (χ3v) is 4.10. The molecule has 0 atom stereocenters. The van der Waals surface area contributed by atoms with E-state index in [2.05, 4.69) is 15.5 Å². The molecule has 1 N–H and O–H groups in total. The maximum absolute atomic E-state index is 12.2. The molecule has 0 saturated carbocycles. The Hall–Kier alpha value is -3.35. The Labute approximate surface area is 150 Å². The Bertz CT molecular complexity index is 981. The van der Waals surface area contributed by atoms with Crippen LogP contribution in [0.3, 0.4) is 0 Å². The summed E-state index contributed by atoms with van der Waals surface area (Å²) in [6.45, 7) is 4.17. The number of amides is 1. The predicted octanol–water partition coefficient (Wildman–Crippen LogP) is 3.26. The number of aromatic nitrogens is 2. The monoisotopic (exact) mass is 351 g/mol. The Morgan fingerprint density at radius 1 is 1.08 bits per heavy atom. The van der Waals surface area contributed by atoms with Gasteiger partial charge in [-0.05, 0) is 43.2 Å². The highest BCUT2D eigenvalue weighted by Gasteiger charge is 2.16. The number of nitrogens with one attached hydrogen (secondary N) is 1. The standard InChI is InChI=1S/C19H17N3O4/c1-11-3-4-12(2)14(7-11)18-21-22-19(26-18)20-17(23)9-13-5-6-15-16(8-13)25-10-24-15/h3-8H,9-10H2,1-2H3,(H,20,22,23). The predicted molar refractivity (Wildman–Crippen MR) is 94.1 cm³/mol. The molecule has 7 heteroatoms. The molecule has 0 radical (unpaired) electrons. The highest BCUT2D eigenvalue weighted by Crippen LogP contribution is 2.32. The van der Waals surface area contributed by atoms with Crippen LogP contribution < -0.4 is 14.8 Å². The lowest BCUT2D eigenvalue weighted by atomic mass is 10.1.